The Morgan fingerprint density at radius 3 is 2.39 bits per heavy atom. The van der Waals surface area contributed by atoms with Gasteiger partial charge in [0.2, 0.25) is 15.9 Å². The van der Waals surface area contributed by atoms with Gasteiger partial charge in [0.15, 0.2) is 0 Å². The summed E-state index contributed by atoms with van der Waals surface area (Å²) in [5.74, 6) is -0.0638. The molecule has 0 saturated heterocycles. The van der Waals surface area contributed by atoms with Crippen molar-refractivity contribution in [3.8, 4) is 0 Å². The molecule has 0 aromatic rings. The molecule has 6 nitrogen and oxygen atoms in total. The molecule has 108 valence electrons. The van der Waals surface area contributed by atoms with E-state index in [1.165, 1.54) is 10.6 Å². The first kappa shape index (κ1) is 17.3. The number of carbonyl (C=O) groups is 1. The molecule has 0 aliphatic rings. The molecule has 0 spiro atoms. The van der Waals surface area contributed by atoms with E-state index >= 15 is 0 Å². The number of hydrogen-bond acceptors (Lipinski definition) is 4. The Hall–Kier alpha value is -0.660. The molecule has 0 atom stereocenters. The molecule has 0 saturated carbocycles. The molecule has 2 N–H and O–H groups in total. The fourth-order valence-corrected chi connectivity index (χ4v) is 2.33. The molecule has 0 aromatic carbocycles. The highest BCUT2D eigenvalue weighted by molar-refractivity contribution is 7.88. The molecule has 0 bridgehead atoms. The highest BCUT2D eigenvalue weighted by Gasteiger charge is 2.13. The maximum atomic E-state index is 11.4. The minimum atomic E-state index is -3.13. The molecule has 0 aliphatic carbocycles. The van der Waals surface area contributed by atoms with Crippen LogP contribution in [0.15, 0.2) is 0 Å². The number of nitrogens with one attached hydrogen (secondary N) is 2. The summed E-state index contributed by atoms with van der Waals surface area (Å²) < 4.78 is 24.0. The summed E-state index contributed by atoms with van der Waals surface area (Å²) in [5.41, 5.74) is 0. The van der Waals surface area contributed by atoms with E-state index < -0.39 is 10.0 Å². The minimum Gasteiger partial charge on any atom is -0.355 e. The molecule has 0 unspecified atom stereocenters. The average Bonchev–Trinajstić information content (AvgIpc) is 2.24. The van der Waals surface area contributed by atoms with Crippen LogP contribution >= 0.6 is 0 Å². The van der Waals surface area contributed by atoms with E-state index in [1.807, 2.05) is 13.8 Å². The van der Waals surface area contributed by atoms with Gasteiger partial charge >= 0.3 is 0 Å². The van der Waals surface area contributed by atoms with Crippen LogP contribution in [-0.2, 0) is 14.8 Å². The Labute approximate surface area is 110 Å². The van der Waals surface area contributed by atoms with Gasteiger partial charge in [-0.15, -0.1) is 0 Å². The second-order valence-electron chi connectivity index (χ2n) is 4.49. The minimum absolute atomic E-state index is 0.0638. The van der Waals surface area contributed by atoms with E-state index in [4.69, 9.17) is 0 Å². The first-order valence-corrected chi connectivity index (χ1v) is 8.07. The molecule has 0 aromatic heterocycles. The topological polar surface area (TPSA) is 78.5 Å². The van der Waals surface area contributed by atoms with Gasteiger partial charge in [-0.3, -0.25) is 4.79 Å². The van der Waals surface area contributed by atoms with E-state index in [-0.39, 0.29) is 11.9 Å². The highest BCUT2D eigenvalue weighted by Crippen LogP contribution is 1.97. The number of carbonyl (C=O) groups excluding carboxylic acids is 1. The average molecular weight is 279 g/mol. The van der Waals surface area contributed by atoms with Gasteiger partial charge in [-0.1, -0.05) is 20.8 Å². The maximum Gasteiger partial charge on any atom is 0.233 e. The lowest BCUT2D eigenvalue weighted by atomic mass is 10.3. The predicted molar refractivity (Wildman–Crippen MR) is 72.9 cm³/mol. The number of rotatable bonds is 9. The third-order valence-electron chi connectivity index (χ3n) is 2.40. The van der Waals surface area contributed by atoms with Crippen LogP contribution in [0.25, 0.3) is 0 Å². The van der Waals surface area contributed by atoms with Crippen LogP contribution in [-0.4, -0.2) is 57.1 Å². The summed E-state index contributed by atoms with van der Waals surface area (Å²) in [5, 5.41) is 5.76. The molecular formula is C11H25N3O3S. The smallest absolute Gasteiger partial charge is 0.233 e. The van der Waals surface area contributed by atoms with Crippen molar-refractivity contribution in [2.75, 3.05) is 32.4 Å². The second-order valence-corrected chi connectivity index (χ2v) is 6.48. The van der Waals surface area contributed by atoms with Gasteiger partial charge in [0, 0.05) is 25.7 Å². The van der Waals surface area contributed by atoms with Gasteiger partial charge in [-0.05, 0) is 6.42 Å². The van der Waals surface area contributed by atoms with Gasteiger partial charge in [0.25, 0.3) is 0 Å². The van der Waals surface area contributed by atoms with E-state index in [0.29, 0.717) is 32.6 Å². The van der Waals surface area contributed by atoms with Crippen molar-refractivity contribution in [3.05, 3.63) is 0 Å². The standard InChI is InChI=1S/C11H25N3O3S/c1-5-14(18(4,16)17)8-6-7-12-11(15)9-13-10(2)3/h10,13H,5-9H2,1-4H3,(H,12,15). The van der Waals surface area contributed by atoms with Crippen LogP contribution in [0.1, 0.15) is 27.2 Å². The first-order valence-electron chi connectivity index (χ1n) is 6.22. The molecule has 0 aliphatic heterocycles. The Bertz CT molecular complexity index is 341. The normalized spacial score (nSPS) is 12.1. The van der Waals surface area contributed by atoms with Gasteiger partial charge in [0.1, 0.15) is 0 Å². The van der Waals surface area contributed by atoms with Crippen molar-refractivity contribution < 1.29 is 13.2 Å². The van der Waals surface area contributed by atoms with Crippen molar-refractivity contribution in [1.82, 2.24) is 14.9 Å². The van der Waals surface area contributed by atoms with Crippen LogP contribution in [0.5, 0.6) is 0 Å². The number of nitrogens with zero attached hydrogens (tertiary/aromatic N) is 1. The Balaban J connectivity index is 3.76. The van der Waals surface area contributed by atoms with Crippen molar-refractivity contribution in [3.63, 3.8) is 0 Å². The number of sulfonamides is 1. The van der Waals surface area contributed by atoms with Crippen LogP contribution in [0.4, 0.5) is 0 Å². The van der Waals surface area contributed by atoms with Crippen molar-refractivity contribution in [2.24, 2.45) is 0 Å². The van der Waals surface area contributed by atoms with Crippen LogP contribution in [0, 0.1) is 0 Å². The van der Waals surface area contributed by atoms with Gasteiger partial charge in [-0.2, -0.15) is 0 Å². The number of amides is 1. The maximum absolute atomic E-state index is 11.4. The third kappa shape index (κ3) is 8.43. The Morgan fingerprint density at radius 2 is 1.94 bits per heavy atom. The fraction of sp³-hybridized carbons (Fsp3) is 0.909. The molecule has 18 heavy (non-hydrogen) atoms. The lowest BCUT2D eigenvalue weighted by Crippen LogP contribution is -2.38. The van der Waals surface area contributed by atoms with Gasteiger partial charge < -0.3 is 10.6 Å². The van der Waals surface area contributed by atoms with E-state index in [1.54, 1.807) is 6.92 Å². The lowest BCUT2D eigenvalue weighted by Gasteiger charge is -2.17. The van der Waals surface area contributed by atoms with E-state index in [0.717, 1.165) is 0 Å². The molecule has 0 radical (unpaired) electrons. The SMILES string of the molecule is CCN(CCCNC(=O)CNC(C)C)S(C)(=O)=O. The molecule has 7 heteroatoms. The largest absolute Gasteiger partial charge is 0.355 e. The predicted octanol–water partition coefficient (Wildman–Crippen LogP) is -0.228. The van der Waals surface area contributed by atoms with Crippen molar-refractivity contribution >= 4 is 15.9 Å². The zero-order valence-electron chi connectivity index (χ0n) is 11.7. The summed E-state index contributed by atoms with van der Waals surface area (Å²) >= 11 is 0. The molecular weight excluding hydrogens is 254 g/mol. The van der Waals surface area contributed by atoms with E-state index in [9.17, 15) is 13.2 Å². The Kier molecular flexibility index (Phi) is 8.13. The zero-order chi connectivity index (χ0) is 14.2. The van der Waals surface area contributed by atoms with E-state index in [2.05, 4.69) is 10.6 Å². The van der Waals surface area contributed by atoms with Crippen LogP contribution in [0.3, 0.4) is 0 Å². The fourth-order valence-electron chi connectivity index (χ4n) is 1.40. The van der Waals surface area contributed by atoms with Crippen molar-refractivity contribution in [2.45, 2.75) is 33.2 Å². The molecule has 1 amide bonds. The van der Waals surface area contributed by atoms with Gasteiger partial charge in [-0.25, -0.2) is 12.7 Å². The Morgan fingerprint density at radius 1 is 1.33 bits per heavy atom. The molecule has 0 fully saturated rings. The first-order chi connectivity index (χ1) is 8.27. The summed E-state index contributed by atoms with van der Waals surface area (Å²) in [4.78, 5) is 11.4. The quantitative estimate of drug-likeness (QED) is 0.572. The molecule has 0 heterocycles. The lowest BCUT2D eigenvalue weighted by molar-refractivity contribution is -0.120. The monoisotopic (exact) mass is 279 g/mol. The summed E-state index contributed by atoms with van der Waals surface area (Å²) in [6, 6.07) is 0.275. The van der Waals surface area contributed by atoms with Crippen molar-refractivity contribution in [1.29, 1.82) is 0 Å². The zero-order valence-corrected chi connectivity index (χ0v) is 12.5. The molecule has 0 rings (SSSR count). The van der Waals surface area contributed by atoms with Gasteiger partial charge in [0.05, 0.1) is 12.8 Å². The second kappa shape index (κ2) is 8.44. The number of hydrogen-bond donors (Lipinski definition) is 2. The third-order valence-corrected chi connectivity index (χ3v) is 3.78. The summed E-state index contributed by atoms with van der Waals surface area (Å²) in [6.07, 6.45) is 1.82. The summed E-state index contributed by atoms with van der Waals surface area (Å²) in [6.45, 7) is 7.42. The summed E-state index contributed by atoms with van der Waals surface area (Å²) in [7, 11) is -3.13. The van der Waals surface area contributed by atoms with Crippen LogP contribution in [0.2, 0.25) is 0 Å². The van der Waals surface area contributed by atoms with Crippen LogP contribution < -0.4 is 10.6 Å². The highest BCUT2D eigenvalue weighted by atomic mass is 32.2.